The Morgan fingerprint density at radius 1 is 1.29 bits per heavy atom. The van der Waals surface area contributed by atoms with E-state index in [1.807, 2.05) is 22.8 Å². The molecule has 0 saturated carbocycles. The number of piperidine rings is 1. The van der Waals surface area contributed by atoms with Crippen LogP contribution >= 0.6 is 0 Å². The number of imidazole rings is 1. The van der Waals surface area contributed by atoms with E-state index in [0.717, 1.165) is 42.6 Å². The number of ether oxygens (including phenoxy) is 2. The van der Waals surface area contributed by atoms with Crippen LogP contribution in [0, 0.1) is 17.2 Å². The monoisotopic (exact) mass is 524 g/mol. The number of aliphatic hydroxyl groups is 1. The fraction of sp³-hybridized carbons (Fsp3) is 0.536. The summed E-state index contributed by atoms with van der Waals surface area (Å²) in [5, 5.41) is 17.7. The van der Waals surface area contributed by atoms with Crippen LogP contribution in [0.2, 0.25) is 0 Å². The maximum absolute atomic E-state index is 12.2. The number of nitrogen functional groups attached to an aromatic ring is 2. The molecule has 1 aromatic heterocycles. The van der Waals surface area contributed by atoms with Gasteiger partial charge in [-0.25, -0.2) is 4.98 Å². The molecular formula is C28H40N6O4. The first-order chi connectivity index (χ1) is 18.2. The maximum Gasteiger partial charge on any atom is 0.251 e. The molecule has 0 aliphatic carbocycles. The zero-order chi connectivity index (χ0) is 27.6. The van der Waals surface area contributed by atoms with Gasteiger partial charge in [0, 0.05) is 25.6 Å². The SMILES string of the molecule is C=Cc1cc2c(cc1C(c1nc(C(=N)N)c(N)n1CCC1CCN(C(=O)C(C)O)CC1)C(C)CC)OCO2. The summed E-state index contributed by atoms with van der Waals surface area (Å²) in [6.45, 7) is 11.9. The molecule has 2 aliphatic rings. The zero-order valence-corrected chi connectivity index (χ0v) is 22.6. The minimum Gasteiger partial charge on any atom is -0.454 e. The Labute approximate surface area is 224 Å². The molecule has 10 nitrogen and oxygen atoms in total. The van der Waals surface area contributed by atoms with E-state index in [4.69, 9.17) is 31.3 Å². The van der Waals surface area contributed by atoms with Crippen LogP contribution in [0.25, 0.3) is 6.08 Å². The van der Waals surface area contributed by atoms with Crippen LogP contribution in [0.3, 0.4) is 0 Å². The topological polar surface area (TPSA) is 153 Å². The number of amidine groups is 1. The third kappa shape index (κ3) is 5.36. The maximum atomic E-state index is 12.2. The van der Waals surface area contributed by atoms with E-state index < -0.39 is 6.10 Å². The predicted octanol–water partition coefficient (Wildman–Crippen LogP) is 3.31. The smallest absolute Gasteiger partial charge is 0.251 e. The highest BCUT2D eigenvalue weighted by Gasteiger charge is 2.32. The predicted molar refractivity (Wildman–Crippen MR) is 147 cm³/mol. The van der Waals surface area contributed by atoms with E-state index in [-0.39, 0.29) is 30.4 Å². The molecule has 1 amide bonds. The van der Waals surface area contributed by atoms with Gasteiger partial charge in [0.15, 0.2) is 11.5 Å². The fourth-order valence-electron chi connectivity index (χ4n) is 5.53. The Morgan fingerprint density at radius 3 is 2.53 bits per heavy atom. The Balaban J connectivity index is 1.66. The van der Waals surface area contributed by atoms with Crippen molar-refractivity contribution in [1.29, 1.82) is 5.41 Å². The van der Waals surface area contributed by atoms with E-state index in [9.17, 15) is 9.90 Å². The molecule has 0 spiro atoms. The van der Waals surface area contributed by atoms with E-state index in [1.165, 1.54) is 6.92 Å². The molecule has 6 N–H and O–H groups in total. The van der Waals surface area contributed by atoms with E-state index in [2.05, 4.69) is 20.4 Å². The van der Waals surface area contributed by atoms with Gasteiger partial charge in [-0.1, -0.05) is 32.9 Å². The van der Waals surface area contributed by atoms with Gasteiger partial charge in [0.25, 0.3) is 5.91 Å². The van der Waals surface area contributed by atoms with Gasteiger partial charge < -0.3 is 35.5 Å². The molecule has 38 heavy (non-hydrogen) atoms. The summed E-state index contributed by atoms with van der Waals surface area (Å²) >= 11 is 0. The normalized spacial score (nSPS) is 17.7. The van der Waals surface area contributed by atoms with Crippen LogP contribution < -0.4 is 20.9 Å². The molecule has 3 atom stereocenters. The lowest BCUT2D eigenvalue weighted by molar-refractivity contribution is -0.140. The summed E-state index contributed by atoms with van der Waals surface area (Å²) < 4.78 is 13.3. The van der Waals surface area contributed by atoms with Crippen molar-refractivity contribution in [2.75, 3.05) is 25.6 Å². The Bertz CT molecular complexity index is 1200. The highest BCUT2D eigenvalue weighted by molar-refractivity contribution is 5.97. The second kappa shape index (κ2) is 11.5. The van der Waals surface area contributed by atoms with Crippen molar-refractivity contribution < 1.29 is 19.4 Å². The van der Waals surface area contributed by atoms with Crippen molar-refractivity contribution in [3.05, 3.63) is 41.4 Å². The Hall–Kier alpha value is -3.53. The number of amides is 1. The number of carbonyl (C=O) groups is 1. The van der Waals surface area contributed by atoms with Gasteiger partial charge in [-0.3, -0.25) is 10.2 Å². The third-order valence-corrected chi connectivity index (χ3v) is 7.96. The number of nitrogens with one attached hydrogen (secondary N) is 1. The first kappa shape index (κ1) is 27.5. The van der Waals surface area contributed by atoms with Crippen LogP contribution in [-0.2, 0) is 11.3 Å². The summed E-state index contributed by atoms with van der Waals surface area (Å²) in [4.78, 5) is 18.7. The average molecular weight is 525 g/mol. The average Bonchev–Trinajstić information content (AvgIpc) is 3.50. The molecule has 1 fully saturated rings. The number of benzene rings is 1. The molecular weight excluding hydrogens is 484 g/mol. The van der Waals surface area contributed by atoms with Gasteiger partial charge in [-0.15, -0.1) is 0 Å². The molecule has 0 bridgehead atoms. The minimum atomic E-state index is -0.973. The Kier molecular flexibility index (Phi) is 8.30. The number of anilines is 1. The van der Waals surface area contributed by atoms with Crippen molar-refractivity contribution in [3.63, 3.8) is 0 Å². The van der Waals surface area contributed by atoms with Crippen LogP contribution in [0.1, 0.15) is 75.0 Å². The standard InChI is InChI=1S/C28H40N6O4/c1-5-16(3)23(20-14-22-21(37-15-38-22)13-19(20)6-2)27-32-24(25(29)30)26(31)34(27)12-9-18-7-10-33(11-8-18)28(36)17(4)35/h6,13-14,16-18,23,35H,2,5,7-12,15,31H2,1,3-4H3,(H3,29,30). The van der Waals surface area contributed by atoms with Crippen LogP contribution in [0.4, 0.5) is 5.82 Å². The van der Waals surface area contributed by atoms with Crippen molar-refractivity contribution >= 4 is 23.6 Å². The minimum absolute atomic E-state index is 0.136. The Morgan fingerprint density at radius 2 is 1.95 bits per heavy atom. The quantitative estimate of drug-likeness (QED) is 0.275. The number of aromatic nitrogens is 2. The number of hydrogen-bond acceptors (Lipinski definition) is 7. The number of nitrogens with two attached hydrogens (primary N) is 2. The van der Waals surface area contributed by atoms with Crippen molar-refractivity contribution in [3.8, 4) is 11.5 Å². The molecule has 2 aliphatic heterocycles. The van der Waals surface area contributed by atoms with Crippen LogP contribution in [0.15, 0.2) is 18.7 Å². The molecule has 3 heterocycles. The van der Waals surface area contributed by atoms with Gasteiger partial charge in [-0.05, 0) is 61.3 Å². The molecule has 1 aromatic carbocycles. The van der Waals surface area contributed by atoms with Gasteiger partial charge >= 0.3 is 0 Å². The summed E-state index contributed by atoms with van der Waals surface area (Å²) in [5.41, 5.74) is 14.7. The summed E-state index contributed by atoms with van der Waals surface area (Å²) in [6, 6.07) is 3.96. The van der Waals surface area contributed by atoms with Crippen LogP contribution in [-0.4, -0.2) is 57.3 Å². The number of hydrogen-bond donors (Lipinski definition) is 4. The highest BCUT2D eigenvalue weighted by Crippen LogP contribution is 2.43. The number of rotatable bonds is 10. The summed E-state index contributed by atoms with van der Waals surface area (Å²) in [6.07, 6.45) is 4.31. The van der Waals surface area contributed by atoms with E-state index in [1.54, 1.807) is 4.90 Å². The van der Waals surface area contributed by atoms with Crippen LogP contribution in [0.5, 0.6) is 11.5 Å². The van der Waals surface area contributed by atoms with Gasteiger partial charge in [-0.2, -0.15) is 0 Å². The number of fused-ring (bicyclic) bond motifs is 1. The molecule has 10 heteroatoms. The zero-order valence-electron chi connectivity index (χ0n) is 22.6. The third-order valence-electron chi connectivity index (χ3n) is 7.96. The van der Waals surface area contributed by atoms with Gasteiger partial charge in [0.1, 0.15) is 29.3 Å². The molecule has 3 unspecified atom stereocenters. The lowest BCUT2D eigenvalue weighted by atomic mass is 9.82. The number of aliphatic hydroxyl groups excluding tert-OH is 1. The second-order valence-electron chi connectivity index (χ2n) is 10.4. The number of likely N-dealkylation sites (tertiary alicyclic amines) is 1. The summed E-state index contributed by atoms with van der Waals surface area (Å²) in [5.74, 6) is 2.63. The lowest BCUT2D eigenvalue weighted by Crippen LogP contribution is -2.43. The van der Waals surface area contributed by atoms with Crippen molar-refractivity contribution in [2.24, 2.45) is 17.6 Å². The highest BCUT2D eigenvalue weighted by atomic mass is 16.7. The molecule has 0 radical (unpaired) electrons. The first-order valence-electron chi connectivity index (χ1n) is 13.4. The van der Waals surface area contributed by atoms with E-state index in [0.29, 0.717) is 48.6 Å². The van der Waals surface area contributed by atoms with Gasteiger partial charge in [0.05, 0.1) is 0 Å². The van der Waals surface area contributed by atoms with Crippen molar-refractivity contribution in [2.45, 2.75) is 65.0 Å². The van der Waals surface area contributed by atoms with E-state index >= 15 is 0 Å². The molecule has 2 aromatic rings. The largest absolute Gasteiger partial charge is 0.454 e. The lowest BCUT2D eigenvalue weighted by Gasteiger charge is -2.33. The van der Waals surface area contributed by atoms with Crippen molar-refractivity contribution in [1.82, 2.24) is 14.5 Å². The number of nitrogens with zero attached hydrogens (tertiary/aromatic N) is 3. The first-order valence-corrected chi connectivity index (χ1v) is 13.4. The molecule has 206 valence electrons. The summed E-state index contributed by atoms with van der Waals surface area (Å²) in [7, 11) is 0. The van der Waals surface area contributed by atoms with Gasteiger partial charge in [0.2, 0.25) is 6.79 Å². The molecule has 1 saturated heterocycles. The fourth-order valence-corrected chi connectivity index (χ4v) is 5.53. The second-order valence-corrected chi connectivity index (χ2v) is 10.4. The number of carbonyl (C=O) groups excluding carboxylic acids is 1. The molecule has 4 rings (SSSR count).